The zero-order valence-corrected chi connectivity index (χ0v) is 12.3. The Labute approximate surface area is 118 Å². The lowest BCUT2D eigenvalue weighted by atomic mass is 9.91. The number of hydrogen-bond acceptors (Lipinski definition) is 5. The molecule has 2 bridgehead atoms. The van der Waals surface area contributed by atoms with Crippen molar-refractivity contribution in [2.75, 3.05) is 18.9 Å². The Balaban J connectivity index is 1.32. The maximum atomic E-state index is 4.61. The molecular formula is C14H22N4S. The van der Waals surface area contributed by atoms with E-state index in [0.29, 0.717) is 5.92 Å². The number of nitrogens with one attached hydrogen (secondary N) is 1. The van der Waals surface area contributed by atoms with Crippen LogP contribution in [0.1, 0.15) is 50.3 Å². The second-order valence-electron chi connectivity index (χ2n) is 6.50. The average Bonchev–Trinajstić information content (AvgIpc) is 3.13. The summed E-state index contributed by atoms with van der Waals surface area (Å²) >= 11 is 1.54. The highest BCUT2D eigenvalue weighted by Crippen LogP contribution is 2.40. The number of fused-ring (bicyclic) bond motifs is 2. The van der Waals surface area contributed by atoms with E-state index in [9.17, 15) is 0 Å². The van der Waals surface area contributed by atoms with Crippen molar-refractivity contribution in [1.29, 1.82) is 0 Å². The van der Waals surface area contributed by atoms with Crippen molar-refractivity contribution >= 4 is 16.7 Å². The summed E-state index contributed by atoms with van der Waals surface area (Å²) in [7, 11) is 2.30. The summed E-state index contributed by atoms with van der Waals surface area (Å²) in [6.45, 7) is 1.08. The predicted octanol–water partition coefficient (Wildman–Crippen LogP) is 2.70. The lowest BCUT2D eigenvalue weighted by molar-refractivity contribution is 0.139. The van der Waals surface area contributed by atoms with Gasteiger partial charge in [0.05, 0.1) is 0 Å². The van der Waals surface area contributed by atoms with Gasteiger partial charge in [-0.2, -0.15) is 4.37 Å². The SMILES string of the molecule is CN1C2CCC1CC(CNc1nc(C3CC3)ns1)C2. The van der Waals surface area contributed by atoms with E-state index in [1.165, 1.54) is 38.5 Å². The highest BCUT2D eigenvalue weighted by atomic mass is 32.1. The molecule has 1 aliphatic carbocycles. The van der Waals surface area contributed by atoms with Crippen LogP contribution in [0.4, 0.5) is 5.13 Å². The smallest absolute Gasteiger partial charge is 0.202 e. The minimum Gasteiger partial charge on any atom is -0.360 e. The van der Waals surface area contributed by atoms with Crippen molar-refractivity contribution in [3.63, 3.8) is 0 Å². The molecule has 5 heteroatoms. The van der Waals surface area contributed by atoms with Gasteiger partial charge in [0.2, 0.25) is 5.13 Å². The molecule has 0 aromatic carbocycles. The first-order chi connectivity index (χ1) is 9.29. The van der Waals surface area contributed by atoms with Gasteiger partial charge in [0.25, 0.3) is 0 Å². The van der Waals surface area contributed by atoms with E-state index in [-0.39, 0.29) is 0 Å². The molecule has 19 heavy (non-hydrogen) atoms. The van der Waals surface area contributed by atoms with Crippen LogP contribution >= 0.6 is 11.5 Å². The van der Waals surface area contributed by atoms with Gasteiger partial charge in [-0.3, -0.25) is 0 Å². The molecule has 2 unspecified atom stereocenters. The molecule has 1 aromatic heterocycles. The van der Waals surface area contributed by atoms with Gasteiger partial charge in [-0.05, 0) is 51.5 Å². The molecule has 0 amide bonds. The van der Waals surface area contributed by atoms with Crippen molar-refractivity contribution in [2.45, 2.75) is 56.5 Å². The fourth-order valence-electron chi connectivity index (χ4n) is 3.74. The molecule has 2 atom stereocenters. The minimum atomic E-state index is 0.672. The summed E-state index contributed by atoms with van der Waals surface area (Å²) in [5.74, 6) is 2.57. The monoisotopic (exact) mass is 278 g/mol. The van der Waals surface area contributed by atoms with Gasteiger partial charge < -0.3 is 10.2 Å². The maximum absolute atomic E-state index is 4.61. The average molecular weight is 278 g/mol. The molecule has 4 nitrogen and oxygen atoms in total. The van der Waals surface area contributed by atoms with Gasteiger partial charge in [0, 0.05) is 36.1 Å². The topological polar surface area (TPSA) is 41.0 Å². The number of anilines is 1. The van der Waals surface area contributed by atoms with Gasteiger partial charge in [0.1, 0.15) is 5.82 Å². The first-order valence-corrected chi connectivity index (χ1v) is 8.36. The first kappa shape index (κ1) is 12.1. The summed E-state index contributed by atoms with van der Waals surface area (Å²) in [4.78, 5) is 7.21. The summed E-state index contributed by atoms with van der Waals surface area (Å²) in [5, 5.41) is 4.56. The summed E-state index contributed by atoms with van der Waals surface area (Å²) in [6, 6.07) is 1.67. The molecule has 1 N–H and O–H groups in total. The Morgan fingerprint density at radius 3 is 2.63 bits per heavy atom. The van der Waals surface area contributed by atoms with Crippen molar-refractivity contribution in [3.05, 3.63) is 5.82 Å². The number of piperidine rings is 1. The molecule has 4 rings (SSSR count). The van der Waals surface area contributed by atoms with Gasteiger partial charge in [-0.15, -0.1) is 0 Å². The lowest BCUT2D eigenvalue weighted by Gasteiger charge is -2.36. The van der Waals surface area contributed by atoms with Gasteiger partial charge in [-0.1, -0.05) is 0 Å². The number of rotatable bonds is 4. The van der Waals surface area contributed by atoms with Crippen LogP contribution in [0, 0.1) is 5.92 Å². The maximum Gasteiger partial charge on any atom is 0.202 e. The lowest BCUT2D eigenvalue weighted by Crippen LogP contribution is -2.41. The van der Waals surface area contributed by atoms with E-state index in [4.69, 9.17) is 0 Å². The fourth-order valence-corrected chi connectivity index (χ4v) is 4.39. The third kappa shape index (κ3) is 2.38. The predicted molar refractivity (Wildman–Crippen MR) is 77.7 cm³/mol. The van der Waals surface area contributed by atoms with Crippen LogP contribution in [0.15, 0.2) is 0 Å². The molecule has 3 aliphatic rings. The second-order valence-corrected chi connectivity index (χ2v) is 7.25. The van der Waals surface area contributed by atoms with Crippen LogP contribution in [-0.4, -0.2) is 39.9 Å². The zero-order valence-electron chi connectivity index (χ0n) is 11.5. The third-order valence-corrected chi connectivity index (χ3v) is 5.81. The third-order valence-electron chi connectivity index (χ3n) is 5.12. The van der Waals surface area contributed by atoms with E-state index in [2.05, 4.69) is 26.6 Å². The van der Waals surface area contributed by atoms with E-state index in [1.54, 1.807) is 11.5 Å². The molecule has 0 spiro atoms. The van der Waals surface area contributed by atoms with Crippen molar-refractivity contribution in [1.82, 2.24) is 14.3 Å². The summed E-state index contributed by atoms with van der Waals surface area (Å²) in [5.41, 5.74) is 0. The molecule has 1 saturated carbocycles. The first-order valence-electron chi connectivity index (χ1n) is 7.59. The highest BCUT2D eigenvalue weighted by Gasteiger charge is 2.38. The number of hydrogen-bond donors (Lipinski definition) is 1. The van der Waals surface area contributed by atoms with Crippen molar-refractivity contribution in [3.8, 4) is 0 Å². The molecule has 2 aliphatic heterocycles. The van der Waals surface area contributed by atoms with Gasteiger partial charge >= 0.3 is 0 Å². The van der Waals surface area contributed by atoms with Gasteiger partial charge in [-0.25, -0.2) is 4.98 Å². The van der Waals surface area contributed by atoms with Crippen LogP contribution in [0.3, 0.4) is 0 Å². The molecular weight excluding hydrogens is 256 g/mol. The summed E-state index contributed by atoms with van der Waals surface area (Å²) in [6.07, 6.45) is 8.09. The molecule has 0 radical (unpaired) electrons. The zero-order chi connectivity index (χ0) is 12.8. The van der Waals surface area contributed by atoms with E-state index in [0.717, 1.165) is 35.5 Å². The summed E-state index contributed by atoms with van der Waals surface area (Å²) < 4.78 is 4.46. The Morgan fingerprint density at radius 1 is 1.21 bits per heavy atom. The fraction of sp³-hybridized carbons (Fsp3) is 0.857. The molecule has 3 heterocycles. The Kier molecular flexibility index (Phi) is 2.99. The largest absolute Gasteiger partial charge is 0.360 e. The van der Waals surface area contributed by atoms with Crippen molar-refractivity contribution in [2.24, 2.45) is 5.92 Å². The normalized spacial score (nSPS) is 34.7. The Bertz CT molecular complexity index is 442. The van der Waals surface area contributed by atoms with Crippen LogP contribution in [0.5, 0.6) is 0 Å². The van der Waals surface area contributed by atoms with Crippen molar-refractivity contribution < 1.29 is 0 Å². The van der Waals surface area contributed by atoms with Crippen LogP contribution < -0.4 is 5.32 Å². The Morgan fingerprint density at radius 2 is 1.95 bits per heavy atom. The van der Waals surface area contributed by atoms with Crippen LogP contribution in [-0.2, 0) is 0 Å². The quantitative estimate of drug-likeness (QED) is 0.919. The molecule has 104 valence electrons. The van der Waals surface area contributed by atoms with Crippen LogP contribution in [0.25, 0.3) is 0 Å². The van der Waals surface area contributed by atoms with Crippen LogP contribution in [0.2, 0.25) is 0 Å². The molecule has 1 aromatic rings. The van der Waals surface area contributed by atoms with Gasteiger partial charge in [0.15, 0.2) is 0 Å². The highest BCUT2D eigenvalue weighted by molar-refractivity contribution is 7.09. The van der Waals surface area contributed by atoms with E-state index < -0.39 is 0 Å². The van der Waals surface area contributed by atoms with E-state index in [1.807, 2.05) is 0 Å². The number of nitrogens with zero attached hydrogens (tertiary/aromatic N) is 3. The Hall–Kier alpha value is -0.680. The molecule has 3 fully saturated rings. The van der Waals surface area contributed by atoms with E-state index >= 15 is 0 Å². The minimum absolute atomic E-state index is 0.672. The second kappa shape index (κ2) is 4.70. The molecule has 2 saturated heterocycles. The number of aromatic nitrogens is 2. The standard InChI is InChI=1S/C14H22N4S/c1-18-11-4-5-12(18)7-9(6-11)8-15-14-16-13(17-19-14)10-2-3-10/h9-12H,2-8H2,1H3,(H,15,16,17).